The molecule has 0 spiro atoms. The van der Waals surface area contributed by atoms with Gasteiger partial charge in [-0.2, -0.15) is 5.10 Å². The third kappa shape index (κ3) is 2.24. The van der Waals surface area contributed by atoms with Crippen molar-refractivity contribution >= 4 is 0 Å². The summed E-state index contributed by atoms with van der Waals surface area (Å²) in [4.78, 5) is 0. The van der Waals surface area contributed by atoms with E-state index in [-0.39, 0.29) is 0 Å². The third-order valence-corrected chi connectivity index (χ3v) is 3.11. The van der Waals surface area contributed by atoms with Gasteiger partial charge in [0.15, 0.2) is 0 Å². The monoisotopic (exact) mass is 245 g/mol. The van der Waals surface area contributed by atoms with Gasteiger partial charge in [-0.3, -0.25) is 4.68 Å². The van der Waals surface area contributed by atoms with E-state index in [1.54, 1.807) is 7.11 Å². The molecular weight excluding hydrogens is 226 g/mol. The van der Waals surface area contributed by atoms with Crippen molar-refractivity contribution in [3.63, 3.8) is 0 Å². The van der Waals surface area contributed by atoms with Crippen LogP contribution in [0.15, 0.2) is 24.3 Å². The summed E-state index contributed by atoms with van der Waals surface area (Å²) in [6.07, 6.45) is 0. The molecule has 2 aromatic rings. The summed E-state index contributed by atoms with van der Waals surface area (Å²) in [5, 5.41) is 7.70. The molecule has 2 rings (SSSR count). The largest absolute Gasteiger partial charge is 0.497 e. The van der Waals surface area contributed by atoms with Crippen LogP contribution in [-0.2, 0) is 13.6 Å². The highest BCUT2D eigenvalue weighted by atomic mass is 16.5. The van der Waals surface area contributed by atoms with E-state index >= 15 is 0 Å². The standard InChI is InChI=1S/C14H19N3O/c1-10-14(13(9-15-2)16-17(10)3)11-6-5-7-12(8-11)18-4/h5-8,15H,9H2,1-4H3. The number of ether oxygens (including phenoxy) is 1. The Kier molecular flexibility index (Phi) is 3.67. The molecule has 0 saturated carbocycles. The van der Waals surface area contributed by atoms with Crippen LogP contribution < -0.4 is 10.1 Å². The second-order valence-electron chi connectivity index (χ2n) is 4.29. The lowest BCUT2D eigenvalue weighted by atomic mass is 10.0. The van der Waals surface area contributed by atoms with Crippen LogP contribution in [0.2, 0.25) is 0 Å². The number of aryl methyl sites for hydroxylation is 1. The Morgan fingerprint density at radius 1 is 1.39 bits per heavy atom. The van der Waals surface area contributed by atoms with Crippen LogP contribution in [0.4, 0.5) is 0 Å². The second-order valence-corrected chi connectivity index (χ2v) is 4.29. The highest BCUT2D eigenvalue weighted by Gasteiger charge is 2.14. The van der Waals surface area contributed by atoms with E-state index in [1.807, 2.05) is 37.0 Å². The third-order valence-electron chi connectivity index (χ3n) is 3.11. The van der Waals surface area contributed by atoms with E-state index in [0.29, 0.717) is 0 Å². The van der Waals surface area contributed by atoms with E-state index < -0.39 is 0 Å². The van der Waals surface area contributed by atoms with Crippen molar-refractivity contribution < 1.29 is 4.74 Å². The molecular formula is C14H19N3O. The summed E-state index contributed by atoms with van der Waals surface area (Å²) >= 11 is 0. The molecule has 0 fully saturated rings. The van der Waals surface area contributed by atoms with Crippen LogP contribution in [-0.4, -0.2) is 23.9 Å². The van der Waals surface area contributed by atoms with Gasteiger partial charge in [0.2, 0.25) is 0 Å². The van der Waals surface area contributed by atoms with Gasteiger partial charge in [0, 0.05) is 24.8 Å². The molecule has 0 radical (unpaired) electrons. The number of benzene rings is 1. The molecule has 1 N–H and O–H groups in total. The van der Waals surface area contributed by atoms with Crippen molar-refractivity contribution in [3.8, 4) is 16.9 Å². The van der Waals surface area contributed by atoms with Crippen LogP contribution in [0.25, 0.3) is 11.1 Å². The van der Waals surface area contributed by atoms with E-state index in [1.165, 1.54) is 5.56 Å². The maximum Gasteiger partial charge on any atom is 0.119 e. The summed E-state index contributed by atoms with van der Waals surface area (Å²) in [6, 6.07) is 8.09. The summed E-state index contributed by atoms with van der Waals surface area (Å²) in [5.74, 6) is 0.867. The minimum Gasteiger partial charge on any atom is -0.497 e. The average molecular weight is 245 g/mol. The van der Waals surface area contributed by atoms with E-state index in [0.717, 1.165) is 29.2 Å². The van der Waals surface area contributed by atoms with Crippen molar-refractivity contribution in [1.82, 2.24) is 15.1 Å². The van der Waals surface area contributed by atoms with E-state index in [4.69, 9.17) is 4.74 Å². The molecule has 4 heteroatoms. The zero-order valence-electron chi connectivity index (χ0n) is 11.3. The zero-order chi connectivity index (χ0) is 13.1. The van der Waals surface area contributed by atoms with Gasteiger partial charge in [-0.25, -0.2) is 0 Å². The van der Waals surface area contributed by atoms with Gasteiger partial charge in [0.05, 0.1) is 12.8 Å². The quantitative estimate of drug-likeness (QED) is 0.896. The van der Waals surface area contributed by atoms with Crippen molar-refractivity contribution in [2.75, 3.05) is 14.2 Å². The van der Waals surface area contributed by atoms with Crippen LogP contribution >= 0.6 is 0 Å². The minimum absolute atomic E-state index is 0.758. The molecule has 0 aliphatic rings. The average Bonchev–Trinajstić information content (AvgIpc) is 2.65. The highest BCUT2D eigenvalue weighted by molar-refractivity contribution is 5.70. The van der Waals surface area contributed by atoms with Crippen molar-refractivity contribution in [2.24, 2.45) is 7.05 Å². The van der Waals surface area contributed by atoms with Crippen molar-refractivity contribution in [2.45, 2.75) is 13.5 Å². The fourth-order valence-corrected chi connectivity index (χ4v) is 2.12. The van der Waals surface area contributed by atoms with Crippen molar-refractivity contribution in [3.05, 3.63) is 35.7 Å². The van der Waals surface area contributed by atoms with E-state index in [9.17, 15) is 0 Å². The van der Waals surface area contributed by atoms with E-state index in [2.05, 4.69) is 23.4 Å². The molecule has 4 nitrogen and oxygen atoms in total. The van der Waals surface area contributed by atoms with Gasteiger partial charge in [-0.15, -0.1) is 0 Å². The summed E-state index contributed by atoms with van der Waals surface area (Å²) < 4.78 is 7.20. The van der Waals surface area contributed by atoms with Gasteiger partial charge in [0.25, 0.3) is 0 Å². The van der Waals surface area contributed by atoms with Crippen LogP contribution in [0, 0.1) is 6.92 Å². The van der Waals surface area contributed by atoms with Gasteiger partial charge in [-0.1, -0.05) is 12.1 Å². The molecule has 0 bridgehead atoms. The smallest absolute Gasteiger partial charge is 0.119 e. The number of hydrogen-bond acceptors (Lipinski definition) is 3. The predicted octanol–water partition coefficient (Wildman–Crippen LogP) is 2.12. The molecule has 1 heterocycles. The number of nitrogens with zero attached hydrogens (tertiary/aromatic N) is 2. The first kappa shape index (κ1) is 12.6. The number of aromatic nitrogens is 2. The summed E-state index contributed by atoms with van der Waals surface area (Å²) in [6.45, 7) is 2.84. The van der Waals surface area contributed by atoms with Crippen LogP contribution in [0.5, 0.6) is 5.75 Å². The Morgan fingerprint density at radius 3 is 2.83 bits per heavy atom. The predicted molar refractivity (Wildman–Crippen MR) is 72.7 cm³/mol. The molecule has 0 aliphatic heterocycles. The number of hydrogen-bond donors (Lipinski definition) is 1. The molecule has 0 amide bonds. The minimum atomic E-state index is 0.758. The molecule has 1 aromatic heterocycles. The summed E-state index contributed by atoms with van der Waals surface area (Å²) in [5.41, 5.74) is 4.55. The topological polar surface area (TPSA) is 39.1 Å². The fourth-order valence-electron chi connectivity index (χ4n) is 2.12. The van der Waals surface area contributed by atoms with Gasteiger partial charge >= 0.3 is 0 Å². The first-order valence-electron chi connectivity index (χ1n) is 5.99. The summed E-state index contributed by atoms with van der Waals surface area (Å²) in [7, 11) is 5.58. The first-order chi connectivity index (χ1) is 8.67. The van der Waals surface area contributed by atoms with Gasteiger partial charge in [0.1, 0.15) is 5.75 Å². The highest BCUT2D eigenvalue weighted by Crippen LogP contribution is 2.29. The SMILES string of the molecule is CNCc1nn(C)c(C)c1-c1cccc(OC)c1. The molecule has 0 unspecified atom stereocenters. The molecule has 0 atom stereocenters. The Labute approximate surface area is 108 Å². The lowest BCUT2D eigenvalue weighted by molar-refractivity contribution is 0.415. The van der Waals surface area contributed by atoms with Crippen molar-refractivity contribution in [1.29, 1.82) is 0 Å². The second kappa shape index (κ2) is 5.23. The lowest BCUT2D eigenvalue weighted by Crippen LogP contribution is -2.07. The number of nitrogens with one attached hydrogen (secondary N) is 1. The number of rotatable bonds is 4. The maximum atomic E-state index is 5.28. The number of methoxy groups -OCH3 is 1. The first-order valence-corrected chi connectivity index (χ1v) is 5.99. The molecule has 0 saturated heterocycles. The van der Waals surface area contributed by atoms with Gasteiger partial charge < -0.3 is 10.1 Å². The normalized spacial score (nSPS) is 10.7. The molecule has 0 aliphatic carbocycles. The Hall–Kier alpha value is -1.81. The fraction of sp³-hybridized carbons (Fsp3) is 0.357. The zero-order valence-corrected chi connectivity index (χ0v) is 11.3. The molecule has 96 valence electrons. The Morgan fingerprint density at radius 2 is 2.17 bits per heavy atom. The Balaban J connectivity index is 2.54. The molecule has 1 aromatic carbocycles. The van der Waals surface area contributed by atoms with Crippen LogP contribution in [0.3, 0.4) is 0 Å². The maximum absolute atomic E-state index is 5.28. The molecule has 18 heavy (non-hydrogen) atoms. The van der Waals surface area contributed by atoms with Gasteiger partial charge in [-0.05, 0) is 31.7 Å². The Bertz CT molecular complexity index is 546. The lowest BCUT2D eigenvalue weighted by Gasteiger charge is -2.06. The van der Waals surface area contributed by atoms with Crippen LogP contribution in [0.1, 0.15) is 11.4 Å².